The quantitative estimate of drug-likeness (QED) is 0.882. The number of aliphatic hydroxyl groups is 1. The van der Waals surface area contributed by atoms with Crippen molar-refractivity contribution in [1.82, 2.24) is 4.98 Å². The highest BCUT2D eigenvalue weighted by Gasteiger charge is 2.18. The summed E-state index contributed by atoms with van der Waals surface area (Å²) < 4.78 is 0. The maximum atomic E-state index is 9.06. The molecule has 84 valence electrons. The van der Waals surface area contributed by atoms with Gasteiger partial charge in [-0.25, -0.2) is 4.98 Å². The molecule has 2 rings (SSSR count). The van der Waals surface area contributed by atoms with Gasteiger partial charge >= 0.3 is 0 Å². The SMILES string of the molecule is CC(CO)c1cnc(CC2CCSC2)s1. The van der Waals surface area contributed by atoms with E-state index in [1.807, 2.05) is 13.1 Å². The van der Waals surface area contributed by atoms with Gasteiger partial charge in [0.05, 0.1) is 11.6 Å². The molecule has 0 aromatic carbocycles. The standard InChI is InChI=1S/C11H17NOS2/c1-8(6-13)10-5-12-11(15-10)4-9-2-3-14-7-9/h5,8-9,13H,2-4,6-7H2,1H3. The molecule has 2 nitrogen and oxygen atoms in total. The molecule has 0 saturated carbocycles. The fraction of sp³-hybridized carbons (Fsp3) is 0.727. The van der Waals surface area contributed by atoms with Gasteiger partial charge in [-0.05, 0) is 23.8 Å². The van der Waals surface area contributed by atoms with E-state index in [4.69, 9.17) is 5.11 Å². The van der Waals surface area contributed by atoms with E-state index in [9.17, 15) is 0 Å². The number of thioether (sulfide) groups is 1. The van der Waals surface area contributed by atoms with Crippen molar-refractivity contribution in [3.05, 3.63) is 16.1 Å². The van der Waals surface area contributed by atoms with Gasteiger partial charge in [0.2, 0.25) is 0 Å². The van der Waals surface area contributed by atoms with Crippen LogP contribution in [0.3, 0.4) is 0 Å². The molecule has 1 N–H and O–H groups in total. The molecular weight excluding hydrogens is 226 g/mol. The fourth-order valence-corrected chi connectivity index (χ4v) is 4.09. The van der Waals surface area contributed by atoms with Crippen molar-refractivity contribution >= 4 is 23.1 Å². The van der Waals surface area contributed by atoms with Crippen molar-refractivity contribution in [2.24, 2.45) is 5.92 Å². The minimum absolute atomic E-state index is 0.223. The summed E-state index contributed by atoms with van der Waals surface area (Å²) in [5, 5.41) is 10.3. The summed E-state index contributed by atoms with van der Waals surface area (Å²) >= 11 is 3.83. The molecule has 2 atom stereocenters. The van der Waals surface area contributed by atoms with Gasteiger partial charge in [-0.3, -0.25) is 0 Å². The monoisotopic (exact) mass is 243 g/mol. The second kappa shape index (κ2) is 5.32. The Hall–Kier alpha value is -0.0600. The zero-order valence-electron chi connectivity index (χ0n) is 8.98. The van der Waals surface area contributed by atoms with Gasteiger partial charge in [0.1, 0.15) is 0 Å². The Morgan fingerprint density at radius 3 is 3.20 bits per heavy atom. The Bertz CT molecular complexity index is 307. The van der Waals surface area contributed by atoms with Crippen LogP contribution in [0.2, 0.25) is 0 Å². The van der Waals surface area contributed by atoms with Gasteiger partial charge in [0.15, 0.2) is 0 Å². The molecule has 1 aliphatic rings. The Morgan fingerprint density at radius 1 is 1.67 bits per heavy atom. The number of rotatable bonds is 4. The summed E-state index contributed by atoms with van der Waals surface area (Å²) in [6.45, 7) is 2.27. The molecule has 1 aromatic heterocycles. The summed E-state index contributed by atoms with van der Waals surface area (Å²) in [6, 6.07) is 0. The minimum atomic E-state index is 0.223. The van der Waals surface area contributed by atoms with Crippen LogP contribution in [0.15, 0.2) is 6.20 Å². The number of nitrogens with zero attached hydrogens (tertiary/aromatic N) is 1. The van der Waals surface area contributed by atoms with E-state index in [0.717, 1.165) is 12.3 Å². The van der Waals surface area contributed by atoms with Crippen LogP contribution >= 0.6 is 23.1 Å². The van der Waals surface area contributed by atoms with E-state index in [2.05, 4.69) is 16.7 Å². The molecule has 1 saturated heterocycles. The molecule has 1 fully saturated rings. The molecule has 0 amide bonds. The largest absolute Gasteiger partial charge is 0.396 e. The summed E-state index contributed by atoms with van der Waals surface area (Å²) in [6.07, 6.45) is 4.41. The van der Waals surface area contributed by atoms with E-state index in [-0.39, 0.29) is 12.5 Å². The van der Waals surface area contributed by atoms with E-state index in [1.165, 1.54) is 27.8 Å². The molecule has 2 heterocycles. The molecule has 15 heavy (non-hydrogen) atoms. The second-order valence-electron chi connectivity index (χ2n) is 4.17. The van der Waals surface area contributed by atoms with Crippen molar-refractivity contribution in [2.75, 3.05) is 18.1 Å². The van der Waals surface area contributed by atoms with Crippen LogP contribution in [-0.2, 0) is 6.42 Å². The minimum Gasteiger partial charge on any atom is -0.396 e. The second-order valence-corrected chi connectivity index (χ2v) is 6.47. The highest BCUT2D eigenvalue weighted by Crippen LogP contribution is 2.29. The Morgan fingerprint density at radius 2 is 2.53 bits per heavy atom. The summed E-state index contributed by atoms with van der Waals surface area (Å²) in [4.78, 5) is 5.67. The van der Waals surface area contributed by atoms with Crippen LogP contribution < -0.4 is 0 Å². The number of aromatic nitrogens is 1. The number of aliphatic hydroxyl groups excluding tert-OH is 1. The number of thiazole rings is 1. The van der Waals surface area contributed by atoms with Crippen molar-refractivity contribution in [3.8, 4) is 0 Å². The third kappa shape index (κ3) is 2.95. The first-order chi connectivity index (χ1) is 7.29. The normalized spacial score (nSPS) is 23.2. The average Bonchev–Trinajstić information content (AvgIpc) is 2.88. The lowest BCUT2D eigenvalue weighted by molar-refractivity contribution is 0.274. The molecule has 4 heteroatoms. The first kappa shape index (κ1) is 11.4. The van der Waals surface area contributed by atoms with Gasteiger partial charge < -0.3 is 5.11 Å². The Labute approximate surface area is 99.1 Å². The highest BCUT2D eigenvalue weighted by molar-refractivity contribution is 7.99. The fourth-order valence-electron chi connectivity index (χ4n) is 1.73. The lowest BCUT2D eigenvalue weighted by atomic mass is 10.1. The number of hydrogen-bond acceptors (Lipinski definition) is 4. The van der Waals surface area contributed by atoms with Crippen LogP contribution in [-0.4, -0.2) is 28.2 Å². The molecule has 1 aliphatic heterocycles. The van der Waals surface area contributed by atoms with Crippen LogP contribution in [0, 0.1) is 5.92 Å². The summed E-state index contributed by atoms with van der Waals surface area (Å²) in [5.74, 6) is 3.69. The Balaban J connectivity index is 1.94. The first-order valence-corrected chi connectivity index (χ1v) is 7.40. The third-order valence-electron chi connectivity index (χ3n) is 2.82. The van der Waals surface area contributed by atoms with Crippen LogP contribution in [0.5, 0.6) is 0 Å². The lowest BCUT2D eigenvalue weighted by Crippen LogP contribution is -2.01. The van der Waals surface area contributed by atoms with E-state index < -0.39 is 0 Å². The van der Waals surface area contributed by atoms with Crippen molar-refractivity contribution in [1.29, 1.82) is 0 Å². The predicted molar refractivity (Wildman–Crippen MR) is 66.8 cm³/mol. The first-order valence-electron chi connectivity index (χ1n) is 5.42. The Kier molecular flexibility index (Phi) is 4.05. The van der Waals surface area contributed by atoms with Crippen molar-refractivity contribution in [2.45, 2.75) is 25.7 Å². The van der Waals surface area contributed by atoms with E-state index in [1.54, 1.807) is 11.3 Å². The predicted octanol–water partition coefficient (Wildman–Crippen LogP) is 2.53. The number of hydrogen-bond donors (Lipinski definition) is 1. The van der Waals surface area contributed by atoms with E-state index in [0.29, 0.717) is 0 Å². The molecule has 0 bridgehead atoms. The van der Waals surface area contributed by atoms with Gasteiger partial charge in [-0.2, -0.15) is 11.8 Å². The third-order valence-corrected chi connectivity index (χ3v) is 5.30. The van der Waals surface area contributed by atoms with Gasteiger partial charge in [-0.15, -0.1) is 11.3 Å². The average molecular weight is 243 g/mol. The summed E-state index contributed by atoms with van der Waals surface area (Å²) in [7, 11) is 0. The van der Waals surface area contributed by atoms with Crippen molar-refractivity contribution in [3.63, 3.8) is 0 Å². The smallest absolute Gasteiger partial charge is 0.0930 e. The van der Waals surface area contributed by atoms with Gasteiger partial charge in [0, 0.05) is 23.4 Å². The zero-order valence-corrected chi connectivity index (χ0v) is 10.6. The molecular formula is C11H17NOS2. The molecule has 0 aliphatic carbocycles. The molecule has 2 unspecified atom stereocenters. The zero-order chi connectivity index (χ0) is 10.7. The molecule has 1 aromatic rings. The lowest BCUT2D eigenvalue weighted by Gasteiger charge is -2.04. The molecule has 0 spiro atoms. The van der Waals surface area contributed by atoms with Crippen LogP contribution in [0.25, 0.3) is 0 Å². The van der Waals surface area contributed by atoms with Gasteiger partial charge in [-0.1, -0.05) is 6.92 Å². The topological polar surface area (TPSA) is 33.1 Å². The van der Waals surface area contributed by atoms with Gasteiger partial charge in [0.25, 0.3) is 0 Å². The summed E-state index contributed by atoms with van der Waals surface area (Å²) in [5.41, 5.74) is 0. The maximum Gasteiger partial charge on any atom is 0.0930 e. The van der Waals surface area contributed by atoms with Crippen molar-refractivity contribution < 1.29 is 5.11 Å². The highest BCUT2D eigenvalue weighted by atomic mass is 32.2. The molecule has 0 radical (unpaired) electrons. The van der Waals surface area contributed by atoms with Crippen LogP contribution in [0.4, 0.5) is 0 Å². The maximum absolute atomic E-state index is 9.06. The van der Waals surface area contributed by atoms with Crippen LogP contribution in [0.1, 0.15) is 29.1 Å². The van der Waals surface area contributed by atoms with E-state index >= 15 is 0 Å².